The van der Waals surface area contributed by atoms with Gasteiger partial charge in [-0.15, -0.1) is 0 Å². The van der Waals surface area contributed by atoms with Crippen LogP contribution < -0.4 is 0 Å². The molecule has 1 aliphatic rings. The van der Waals surface area contributed by atoms with Crippen molar-refractivity contribution in [1.29, 1.82) is 0 Å². The smallest absolute Gasteiger partial charge is 0.242 e. The maximum Gasteiger partial charge on any atom is 0.242 e. The van der Waals surface area contributed by atoms with Crippen LogP contribution in [0.3, 0.4) is 0 Å². The molecule has 2 aromatic carbocycles. The summed E-state index contributed by atoms with van der Waals surface area (Å²) >= 11 is 0. The van der Waals surface area contributed by atoms with E-state index in [0.717, 1.165) is 54.1 Å². The highest BCUT2D eigenvalue weighted by Gasteiger charge is 2.28. The lowest BCUT2D eigenvalue weighted by Crippen LogP contribution is -2.45. The first kappa shape index (κ1) is 25.0. The third-order valence-electron chi connectivity index (χ3n) is 7.05. The quantitative estimate of drug-likeness (QED) is 0.407. The first-order valence-electron chi connectivity index (χ1n) is 12.9. The third kappa shape index (κ3) is 6.50. The van der Waals surface area contributed by atoms with Crippen molar-refractivity contribution in [2.75, 3.05) is 19.6 Å². The van der Waals surface area contributed by atoms with Crippen LogP contribution in [0, 0.1) is 11.7 Å². The maximum absolute atomic E-state index is 13.6. The summed E-state index contributed by atoms with van der Waals surface area (Å²) in [6.45, 7) is 3.64. The highest BCUT2D eigenvalue weighted by Crippen LogP contribution is 2.26. The maximum atomic E-state index is 13.6. The number of benzene rings is 2. The van der Waals surface area contributed by atoms with Crippen LogP contribution in [0.25, 0.3) is 10.9 Å². The Morgan fingerprint density at radius 3 is 2.46 bits per heavy atom. The summed E-state index contributed by atoms with van der Waals surface area (Å²) in [6.07, 6.45) is 8.73. The van der Waals surface area contributed by atoms with Gasteiger partial charge < -0.3 is 14.8 Å². The van der Waals surface area contributed by atoms with Gasteiger partial charge in [0.15, 0.2) is 0 Å². The molecule has 1 fully saturated rings. The standard InChI is InChI=1S/C29H36FN3O2/c1-2-17-33(29(35)23-8-4-3-5-9-23)21-28(34)32(20-22-12-14-25(30)15-13-22)18-16-24-19-31-27-11-7-6-10-26(24)27/h6-7,10-15,19,23,31H,2-5,8-9,16-18,20-21H2,1H3. The van der Waals surface area contributed by atoms with E-state index in [1.807, 2.05) is 36.2 Å². The van der Waals surface area contributed by atoms with Crippen LogP contribution in [0.2, 0.25) is 0 Å². The van der Waals surface area contributed by atoms with Gasteiger partial charge in [0.25, 0.3) is 0 Å². The van der Waals surface area contributed by atoms with E-state index in [2.05, 4.69) is 11.1 Å². The summed E-state index contributed by atoms with van der Waals surface area (Å²) in [5.74, 6) is -0.192. The van der Waals surface area contributed by atoms with E-state index < -0.39 is 0 Å². The average Bonchev–Trinajstić information content (AvgIpc) is 3.30. The Kier molecular flexibility index (Phi) is 8.56. The molecule has 0 radical (unpaired) electrons. The van der Waals surface area contributed by atoms with Crippen LogP contribution in [0.1, 0.15) is 56.6 Å². The number of aromatic amines is 1. The van der Waals surface area contributed by atoms with Crippen molar-refractivity contribution < 1.29 is 14.0 Å². The molecule has 0 spiro atoms. The number of H-pyrrole nitrogens is 1. The molecule has 0 atom stereocenters. The predicted molar refractivity (Wildman–Crippen MR) is 137 cm³/mol. The summed E-state index contributed by atoms with van der Waals surface area (Å²) in [5, 5.41) is 1.15. The lowest BCUT2D eigenvalue weighted by Gasteiger charge is -2.31. The second-order valence-corrected chi connectivity index (χ2v) is 9.65. The van der Waals surface area contributed by atoms with Gasteiger partial charge in [-0.3, -0.25) is 9.59 Å². The number of para-hydroxylation sites is 1. The molecule has 0 aliphatic heterocycles. The zero-order chi connectivity index (χ0) is 24.6. The summed E-state index contributed by atoms with van der Waals surface area (Å²) in [4.78, 5) is 33.7. The minimum Gasteiger partial charge on any atom is -0.361 e. The van der Waals surface area contributed by atoms with Crippen molar-refractivity contribution in [1.82, 2.24) is 14.8 Å². The number of aromatic nitrogens is 1. The van der Waals surface area contributed by atoms with E-state index in [9.17, 15) is 14.0 Å². The number of hydrogen-bond donors (Lipinski definition) is 1. The lowest BCUT2D eigenvalue weighted by atomic mass is 9.88. The van der Waals surface area contributed by atoms with E-state index in [1.165, 1.54) is 18.6 Å². The van der Waals surface area contributed by atoms with Crippen LogP contribution in [-0.4, -0.2) is 46.2 Å². The molecule has 1 heterocycles. The Bertz CT molecular complexity index is 1120. The van der Waals surface area contributed by atoms with Gasteiger partial charge in [0, 0.05) is 42.7 Å². The first-order chi connectivity index (χ1) is 17.0. The summed E-state index contributed by atoms with van der Waals surface area (Å²) < 4.78 is 13.5. The molecule has 0 bridgehead atoms. The van der Waals surface area contributed by atoms with Gasteiger partial charge in [0.1, 0.15) is 5.82 Å². The second kappa shape index (κ2) is 12.0. The van der Waals surface area contributed by atoms with Crippen LogP contribution in [0.5, 0.6) is 0 Å². The molecule has 6 heteroatoms. The normalized spacial score (nSPS) is 14.2. The second-order valence-electron chi connectivity index (χ2n) is 9.65. The molecule has 35 heavy (non-hydrogen) atoms. The van der Waals surface area contributed by atoms with Gasteiger partial charge >= 0.3 is 0 Å². The van der Waals surface area contributed by atoms with Gasteiger partial charge in [-0.1, -0.05) is 56.5 Å². The van der Waals surface area contributed by atoms with Crippen molar-refractivity contribution in [3.63, 3.8) is 0 Å². The van der Waals surface area contributed by atoms with Crippen molar-refractivity contribution in [2.45, 2.75) is 58.4 Å². The number of hydrogen-bond acceptors (Lipinski definition) is 2. The first-order valence-corrected chi connectivity index (χ1v) is 12.9. The molecule has 186 valence electrons. The number of nitrogens with zero attached hydrogens (tertiary/aromatic N) is 2. The lowest BCUT2D eigenvalue weighted by molar-refractivity contribution is -0.144. The molecule has 0 saturated heterocycles. The van der Waals surface area contributed by atoms with Crippen molar-refractivity contribution in [3.8, 4) is 0 Å². The van der Waals surface area contributed by atoms with Crippen LogP contribution >= 0.6 is 0 Å². The van der Waals surface area contributed by atoms with Crippen molar-refractivity contribution in [3.05, 3.63) is 71.7 Å². The van der Waals surface area contributed by atoms with Gasteiger partial charge in [0.2, 0.25) is 11.8 Å². The fourth-order valence-electron chi connectivity index (χ4n) is 5.10. The Hall–Kier alpha value is -3.15. The number of carbonyl (C=O) groups excluding carboxylic acids is 2. The molecular formula is C29H36FN3O2. The average molecular weight is 478 g/mol. The van der Waals surface area contributed by atoms with Gasteiger partial charge in [-0.25, -0.2) is 4.39 Å². The molecule has 5 nitrogen and oxygen atoms in total. The van der Waals surface area contributed by atoms with E-state index >= 15 is 0 Å². The minimum absolute atomic E-state index is 0.0415. The number of nitrogens with one attached hydrogen (secondary N) is 1. The van der Waals surface area contributed by atoms with E-state index in [1.54, 1.807) is 17.0 Å². The summed E-state index contributed by atoms with van der Waals surface area (Å²) in [5.41, 5.74) is 3.10. The Morgan fingerprint density at radius 2 is 1.71 bits per heavy atom. The Balaban J connectivity index is 1.49. The van der Waals surface area contributed by atoms with Crippen molar-refractivity contribution in [2.24, 2.45) is 5.92 Å². The molecular weight excluding hydrogens is 441 g/mol. The predicted octanol–water partition coefficient (Wildman–Crippen LogP) is 5.70. The fourth-order valence-corrected chi connectivity index (χ4v) is 5.10. The zero-order valence-electron chi connectivity index (χ0n) is 20.6. The minimum atomic E-state index is -0.294. The molecule has 1 aliphatic carbocycles. The van der Waals surface area contributed by atoms with Crippen LogP contribution in [-0.2, 0) is 22.6 Å². The molecule has 0 unspecified atom stereocenters. The molecule has 1 saturated carbocycles. The Morgan fingerprint density at radius 1 is 0.971 bits per heavy atom. The summed E-state index contributed by atoms with van der Waals surface area (Å²) in [7, 11) is 0. The van der Waals surface area contributed by atoms with E-state index in [-0.39, 0.29) is 30.1 Å². The number of carbonyl (C=O) groups is 2. The van der Waals surface area contributed by atoms with E-state index in [4.69, 9.17) is 0 Å². The highest BCUT2D eigenvalue weighted by molar-refractivity contribution is 5.86. The fraction of sp³-hybridized carbons (Fsp3) is 0.448. The largest absolute Gasteiger partial charge is 0.361 e. The number of halogens is 1. The third-order valence-corrected chi connectivity index (χ3v) is 7.05. The van der Waals surface area contributed by atoms with E-state index in [0.29, 0.717) is 26.1 Å². The van der Waals surface area contributed by atoms with Crippen LogP contribution in [0.4, 0.5) is 4.39 Å². The summed E-state index contributed by atoms with van der Waals surface area (Å²) in [6, 6.07) is 14.4. The highest BCUT2D eigenvalue weighted by atomic mass is 19.1. The molecule has 1 aromatic heterocycles. The monoisotopic (exact) mass is 477 g/mol. The number of rotatable bonds is 10. The molecule has 4 rings (SSSR count). The molecule has 1 N–H and O–H groups in total. The number of fused-ring (bicyclic) bond motifs is 1. The zero-order valence-corrected chi connectivity index (χ0v) is 20.6. The SMILES string of the molecule is CCCN(CC(=O)N(CCc1c[nH]c2ccccc12)Cc1ccc(F)cc1)C(=O)C1CCCCC1. The van der Waals surface area contributed by atoms with Gasteiger partial charge in [0.05, 0.1) is 6.54 Å². The number of amides is 2. The van der Waals surface area contributed by atoms with Crippen LogP contribution in [0.15, 0.2) is 54.7 Å². The molecule has 2 amide bonds. The van der Waals surface area contributed by atoms with Gasteiger partial charge in [-0.05, 0) is 55.0 Å². The molecule has 3 aromatic rings. The Labute approximate surface area is 207 Å². The topological polar surface area (TPSA) is 56.4 Å². The van der Waals surface area contributed by atoms with Gasteiger partial charge in [-0.2, -0.15) is 0 Å². The van der Waals surface area contributed by atoms with Crippen molar-refractivity contribution >= 4 is 22.7 Å².